The summed E-state index contributed by atoms with van der Waals surface area (Å²) in [6, 6.07) is 14.1. The van der Waals surface area contributed by atoms with Gasteiger partial charge in [-0.25, -0.2) is 0 Å². The van der Waals surface area contributed by atoms with Gasteiger partial charge in [0.05, 0.1) is 17.7 Å². The zero-order valence-corrected chi connectivity index (χ0v) is 15.0. The molecule has 1 aliphatic rings. The molecule has 0 atom stereocenters. The highest BCUT2D eigenvalue weighted by molar-refractivity contribution is 6.22. The normalized spacial score (nSPS) is 13.0. The maximum atomic E-state index is 12.3. The van der Waals surface area contributed by atoms with Crippen molar-refractivity contribution in [3.05, 3.63) is 71.0 Å². The van der Waals surface area contributed by atoms with Crippen LogP contribution in [0.4, 0.5) is 0 Å². The van der Waals surface area contributed by atoms with Gasteiger partial charge in [-0.1, -0.05) is 35.0 Å². The molecule has 2 aromatic carbocycles. The molecule has 2 heterocycles. The monoisotopic (exact) mass is 376 g/mol. The number of benzene rings is 2. The van der Waals surface area contributed by atoms with E-state index in [4.69, 9.17) is 4.52 Å². The standard InChI is InChI=1S/C20H16N4O4/c1-12-6-8-13(9-7-12)18-22-16(23-28-18)10-21-17(25)11-24-19(26)14-4-2-3-5-15(14)20(24)27/h2-9H,10-11H2,1H3,(H,21,25). The molecule has 0 radical (unpaired) electrons. The molecular weight excluding hydrogens is 360 g/mol. The first-order valence-corrected chi connectivity index (χ1v) is 8.64. The predicted molar refractivity (Wildman–Crippen MR) is 98.1 cm³/mol. The van der Waals surface area contributed by atoms with Crippen molar-refractivity contribution < 1.29 is 18.9 Å². The summed E-state index contributed by atoms with van der Waals surface area (Å²) in [6.07, 6.45) is 0. The topological polar surface area (TPSA) is 105 Å². The molecule has 0 unspecified atom stereocenters. The average Bonchev–Trinajstić information content (AvgIpc) is 3.27. The molecule has 140 valence electrons. The van der Waals surface area contributed by atoms with E-state index < -0.39 is 17.7 Å². The van der Waals surface area contributed by atoms with Crippen molar-refractivity contribution in [1.29, 1.82) is 0 Å². The molecule has 1 N–H and O–H groups in total. The van der Waals surface area contributed by atoms with Gasteiger partial charge in [0.1, 0.15) is 6.54 Å². The fraction of sp³-hybridized carbons (Fsp3) is 0.150. The van der Waals surface area contributed by atoms with Gasteiger partial charge in [0, 0.05) is 5.56 Å². The van der Waals surface area contributed by atoms with Crippen molar-refractivity contribution in [1.82, 2.24) is 20.4 Å². The smallest absolute Gasteiger partial charge is 0.262 e. The van der Waals surface area contributed by atoms with Crippen LogP contribution in [0, 0.1) is 6.92 Å². The Balaban J connectivity index is 1.36. The Morgan fingerprint density at radius 3 is 2.32 bits per heavy atom. The highest BCUT2D eigenvalue weighted by atomic mass is 16.5. The molecule has 0 bridgehead atoms. The number of carbonyl (C=O) groups is 3. The van der Waals surface area contributed by atoms with E-state index in [1.54, 1.807) is 24.3 Å². The Bertz CT molecular complexity index is 1040. The molecule has 28 heavy (non-hydrogen) atoms. The molecule has 3 amide bonds. The highest BCUT2D eigenvalue weighted by Crippen LogP contribution is 2.22. The Morgan fingerprint density at radius 1 is 1.04 bits per heavy atom. The lowest BCUT2D eigenvalue weighted by Gasteiger charge is -2.12. The summed E-state index contributed by atoms with van der Waals surface area (Å²) < 4.78 is 5.20. The predicted octanol–water partition coefficient (Wildman–Crippen LogP) is 1.96. The molecule has 1 aliphatic heterocycles. The Kier molecular flexibility index (Phi) is 4.44. The van der Waals surface area contributed by atoms with E-state index in [-0.39, 0.29) is 13.1 Å². The SMILES string of the molecule is Cc1ccc(-c2nc(CNC(=O)CN3C(=O)c4ccccc4C3=O)no2)cc1. The first-order chi connectivity index (χ1) is 13.5. The molecule has 3 aromatic rings. The van der Waals surface area contributed by atoms with Gasteiger partial charge in [-0.3, -0.25) is 19.3 Å². The second-order valence-electron chi connectivity index (χ2n) is 6.40. The molecular formula is C20H16N4O4. The van der Waals surface area contributed by atoms with Gasteiger partial charge < -0.3 is 9.84 Å². The third-order valence-electron chi connectivity index (χ3n) is 4.39. The molecule has 0 saturated carbocycles. The third-order valence-corrected chi connectivity index (χ3v) is 4.39. The van der Waals surface area contributed by atoms with Crippen molar-refractivity contribution in [2.45, 2.75) is 13.5 Å². The van der Waals surface area contributed by atoms with Gasteiger partial charge in [-0.05, 0) is 31.2 Å². The van der Waals surface area contributed by atoms with Crippen LogP contribution in [-0.4, -0.2) is 39.3 Å². The van der Waals surface area contributed by atoms with Gasteiger partial charge in [-0.15, -0.1) is 0 Å². The summed E-state index contributed by atoms with van der Waals surface area (Å²) in [5, 5.41) is 6.43. The fourth-order valence-electron chi connectivity index (χ4n) is 2.90. The number of fused-ring (bicyclic) bond motifs is 1. The number of carbonyl (C=O) groups excluding carboxylic acids is 3. The minimum Gasteiger partial charge on any atom is -0.347 e. The van der Waals surface area contributed by atoms with Crippen molar-refractivity contribution >= 4 is 17.7 Å². The van der Waals surface area contributed by atoms with Crippen molar-refractivity contribution in [2.24, 2.45) is 0 Å². The minimum absolute atomic E-state index is 0.0252. The van der Waals surface area contributed by atoms with Crippen molar-refractivity contribution in [2.75, 3.05) is 6.54 Å². The first kappa shape index (κ1) is 17.6. The number of amides is 3. The molecule has 1 aromatic heterocycles. The largest absolute Gasteiger partial charge is 0.347 e. The summed E-state index contributed by atoms with van der Waals surface area (Å²) in [6.45, 7) is 1.64. The van der Waals surface area contributed by atoms with E-state index in [9.17, 15) is 14.4 Å². The Labute approximate surface area is 160 Å². The van der Waals surface area contributed by atoms with Crippen LogP contribution in [0.25, 0.3) is 11.5 Å². The van der Waals surface area contributed by atoms with Gasteiger partial charge in [0.2, 0.25) is 5.91 Å². The summed E-state index contributed by atoms with van der Waals surface area (Å²) in [7, 11) is 0. The van der Waals surface area contributed by atoms with E-state index in [1.165, 1.54) is 0 Å². The summed E-state index contributed by atoms with van der Waals surface area (Å²) in [5.41, 5.74) is 2.51. The fourth-order valence-corrected chi connectivity index (χ4v) is 2.90. The lowest BCUT2D eigenvalue weighted by Crippen LogP contribution is -2.40. The first-order valence-electron chi connectivity index (χ1n) is 8.64. The van der Waals surface area contributed by atoms with Crippen molar-refractivity contribution in [3.63, 3.8) is 0 Å². The van der Waals surface area contributed by atoms with Crippen LogP contribution in [0.15, 0.2) is 53.1 Å². The number of hydrogen-bond donors (Lipinski definition) is 1. The summed E-state index contributed by atoms with van der Waals surface area (Å²) in [5.74, 6) is -0.791. The number of nitrogens with zero attached hydrogens (tertiary/aromatic N) is 3. The number of nitrogens with one attached hydrogen (secondary N) is 1. The van der Waals surface area contributed by atoms with Gasteiger partial charge in [-0.2, -0.15) is 4.98 Å². The Hall–Kier alpha value is -3.81. The number of hydrogen-bond acceptors (Lipinski definition) is 6. The Morgan fingerprint density at radius 2 is 1.68 bits per heavy atom. The zero-order valence-electron chi connectivity index (χ0n) is 15.0. The van der Waals surface area contributed by atoms with E-state index in [0.717, 1.165) is 16.0 Å². The van der Waals surface area contributed by atoms with Crippen LogP contribution >= 0.6 is 0 Å². The van der Waals surface area contributed by atoms with Crippen molar-refractivity contribution in [3.8, 4) is 11.5 Å². The number of imide groups is 1. The molecule has 0 aliphatic carbocycles. The van der Waals surface area contributed by atoms with E-state index >= 15 is 0 Å². The van der Waals surface area contributed by atoms with Crippen LogP contribution in [-0.2, 0) is 11.3 Å². The van der Waals surface area contributed by atoms with Gasteiger partial charge in [0.15, 0.2) is 5.82 Å². The average molecular weight is 376 g/mol. The maximum absolute atomic E-state index is 12.3. The van der Waals surface area contributed by atoms with E-state index in [2.05, 4.69) is 15.5 Å². The van der Waals surface area contributed by atoms with Gasteiger partial charge >= 0.3 is 0 Å². The van der Waals surface area contributed by atoms with E-state index in [0.29, 0.717) is 22.8 Å². The lowest BCUT2D eigenvalue weighted by atomic mass is 10.1. The molecule has 0 saturated heterocycles. The number of aryl methyl sites for hydroxylation is 1. The van der Waals surface area contributed by atoms with Crippen LogP contribution in [0.3, 0.4) is 0 Å². The second-order valence-corrected chi connectivity index (χ2v) is 6.40. The molecule has 0 fully saturated rings. The third kappa shape index (κ3) is 3.27. The van der Waals surface area contributed by atoms with Gasteiger partial charge in [0.25, 0.3) is 17.7 Å². The highest BCUT2D eigenvalue weighted by Gasteiger charge is 2.36. The summed E-state index contributed by atoms with van der Waals surface area (Å²) >= 11 is 0. The van der Waals surface area contributed by atoms with Crippen LogP contribution in [0.1, 0.15) is 32.1 Å². The second kappa shape index (κ2) is 7.07. The summed E-state index contributed by atoms with van der Waals surface area (Å²) in [4.78, 5) is 41.9. The minimum atomic E-state index is -0.490. The molecule has 8 heteroatoms. The molecule has 4 rings (SSSR count). The lowest BCUT2D eigenvalue weighted by molar-refractivity contribution is -0.121. The number of rotatable bonds is 5. The van der Waals surface area contributed by atoms with E-state index in [1.807, 2.05) is 31.2 Å². The number of aromatic nitrogens is 2. The molecule has 8 nitrogen and oxygen atoms in total. The zero-order chi connectivity index (χ0) is 19.7. The molecule has 0 spiro atoms. The van der Waals surface area contributed by atoms with Crippen LogP contribution in [0.5, 0.6) is 0 Å². The van der Waals surface area contributed by atoms with Crippen LogP contribution < -0.4 is 5.32 Å². The maximum Gasteiger partial charge on any atom is 0.262 e. The quantitative estimate of drug-likeness (QED) is 0.683. The van der Waals surface area contributed by atoms with Crippen LogP contribution in [0.2, 0.25) is 0 Å².